The Hall–Kier alpha value is -0.940. The molecule has 0 bridgehead atoms. The van der Waals surface area contributed by atoms with E-state index in [0.717, 1.165) is 23.5 Å². The van der Waals surface area contributed by atoms with Gasteiger partial charge in [-0.25, -0.2) is 4.98 Å². The van der Waals surface area contributed by atoms with E-state index in [0.29, 0.717) is 11.6 Å². The maximum Gasteiger partial charge on any atom is 0.280 e. The molecule has 1 aromatic rings. The molecule has 4 nitrogen and oxygen atoms in total. The maximum atomic E-state index is 11.7. The summed E-state index contributed by atoms with van der Waals surface area (Å²) in [5, 5.41) is 3.45. The first kappa shape index (κ1) is 13.1. The number of rotatable bonds is 5. The van der Waals surface area contributed by atoms with E-state index >= 15 is 0 Å². The quantitative estimate of drug-likeness (QED) is 0.793. The number of hydrogen-bond acceptors (Lipinski definition) is 4. The summed E-state index contributed by atoms with van der Waals surface area (Å²) in [5.74, 6) is -0.0556. The molecule has 0 aliphatic heterocycles. The first-order chi connectivity index (χ1) is 7.50. The molecular weight excluding hydrogens is 222 g/mol. The molecule has 0 aliphatic carbocycles. The van der Waals surface area contributed by atoms with Gasteiger partial charge >= 0.3 is 0 Å². The lowest BCUT2D eigenvalue weighted by atomic mass is 10.4. The lowest BCUT2D eigenvalue weighted by Crippen LogP contribution is -2.27. The van der Waals surface area contributed by atoms with Gasteiger partial charge in [-0.1, -0.05) is 0 Å². The van der Waals surface area contributed by atoms with Crippen LogP contribution in [0.2, 0.25) is 0 Å². The molecule has 0 aliphatic rings. The highest BCUT2D eigenvalue weighted by molar-refractivity contribution is 7.13. The number of amides is 1. The van der Waals surface area contributed by atoms with Gasteiger partial charge in [0, 0.05) is 11.4 Å². The summed E-state index contributed by atoms with van der Waals surface area (Å²) in [4.78, 5) is 19.1. The number of aryl methyl sites for hydroxylation is 2. The lowest BCUT2D eigenvalue weighted by molar-refractivity contribution is 0.0952. The van der Waals surface area contributed by atoms with Gasteiger partial charge in [-0.2, -0.15) is 0 Å². The number of carbonyl (C=O) groups is 1. The summed E-state index contributed by atoms with van der Waals surface area (Å²) in [6, 6.07) is 0. The Balaban J connectivity index is 2.35. The van der Waals surface area contributed by atoms with Crippen LogP contribution in [0.25, 0.3) is 0 Å². The second-order valence-corrected chi connectivity index (χ2v) is 5.28. The van der Waals surface area contributed by atoms with E-state index < -0.39 is 0 Å². The molecule has 1 amide bonds. The highest BCUT2D eigenvalue weighted by Crippen LogP contribution is 2.15. The normalized spacial score (nSPS) is 10.8. The molecule has 0 saturated heterocycles. The Morgan fingerprint density at radius 2 is 2.12 bits per heavy atom. The topological polar surface area (TPSA) is 45.2 Å². The fraction of sp³-hybridized carbons (Fsp3) is 0.636. The summed E-state index contributed by atoms with van der Waals surface area (Å²) in [6.45, 7) is 5.59. The molecule has 1 aromatic heterocycles. The van der Waals surface area contributed by atoms with E-state index in [9.17, 15) is 4.79 Å². The van der Waals surface area contributed by atoms with Crippen LogP contribution in [0, 0.1) is 13.8 Å². The molecule has 5 heteroatoms. The SMILES string of the molecule is Cc1nc(C(=O)NCCCN(C)C)sc1C. The van der Waals surface area contributed by atoms with Crippen molar-refractivity contribution < 1.29 is 4.79 Å². The number of aromatic nitrogens is 1. The highest BCUT2D eigenvalue weighted by Gasteiger charge is 2.11. The Labute approximate surface area is 101 Å². The number of thiazole rings is 1. The van der Waals surface area contributed by atoms with Crippen molar-refractivity contribution in [3.8, 4) is 0 Å². The molecule has 0 unspecified atom stereocenters. The van der Waals surface area contributed by atoms with Gasteiger partial charge in [-0.15, -0.1) is 11.3 Å². The van der Waals surface area contributed by atoms with E-state index in [1.807, 2.05) is 27.9 Å². The molecule has 16 heavy (non-hydrogen) atoms. The van der Waals surface area contributed by atoms with Crippen molar-refractivity contribution in [1.29, 1.82) is 0 Å². The third kappa shape index (κ3) is 3.90. The molecule has 0 atom stereocenters. The third-order valence-electron chi connectivity index (χ3n) is 2.29. The Morgan fingerprint density at radius 1 is 1.44 bits per heavy atom. The predicted molar refractivity (Wildman–Crippen MR) is 67.1 cm³/mol. The zero-order valence-electron chi connectivity index (χ0n) is 10.3. The largest absolute Gasteiger partial charge is 0.350 e. The van der Waals surface area contributed by atoms with Crippen LogP contribution in [0.5, 0.6) is 0 Å². The van der Waals surface area contributed by atoms with E-state index in [1.165, 1.54) is 11.3 Å². The smallest absolute Gasteiger partial charge is 0.280 e. The zero-order chi connectivity index (χ0) is 12.1. The molecule has 0 spiro atoms. The molecule has 0 radical (unpaired) electrons. The summed E-state index contributed by atoms with van der Waals surface area (Å²) < 4.78 is 0. The average Bonchev–Trinajstić information content (AvgIpc) is 2.54. The van der Waals surface area contributed by atoms with Gasteiger partial charge in [0.05, 0.1) is 5.69 Å². The van der Waals surface area contributed by atoms with Crippen LogP contribution in [0.4, 0.5) is 0 Å². The minimum atomic E-state index is -0.0556. The minimum absolute atomic E-state index is 0.0556. The Kier molecular flexibility index (Phi) is 4.89. The number of nitrogens with zero attached hydrogens (tertiary/aromatic N) is 2. The minimum Gasteiger partial charge on any atom is -0.350 e. The van der Waals surface area contributed by atoms with Gasteiger partial charge < -0.3 is 10.2 Å². The van der Waals surface area contributed by atoms with Crippen molar-refractivity contribution in [3.05, 3.63) is 15.6 Å². The van der Waals surface area contributed by atoms with Gasteiger partial charge in [0.1, 0.15) is 0 Å². The number of carbonyl (C=O) groups excluding carboxylic acids is 1. The lowest BCUT2D eigenvalue weighted by Gasteiger charge is -2.08. The summed E-state index contributed by atoms with van der Waals surface area (Å²) in [6.07, 6.45) is 0.960. The number of hydrogen-bond donors (Lipinski definition) is 1. The molecule has 1 N–H and O–H groups in total. The second kappa shape index (κ2) is 5.96. The van der Waals surface area contributed by atoms with Gasteiger partial charge in [-0.3, -0.25) is 4.79 Å². The molecule has 0 saturated carbocycles. The van der Waals surface area contributed by atoms with Crippen molar-refractivity contribution in [1.82, 2.24) is 15.2 Å². The first-order valence-electron chi connectivity index (χ1n) is 5.37. The van der Waals surface area contributed by atoms with Gasteiger partial charge in [0.15, 0.2) is 5.01 Å². The summed E-state index contributed by atoms with van der Waals surface area (Å²) in [7, 11) is 4.05. The summed E-state index contributed by atoms with van der Waals surface area (Å²) >= 11 is 1.45. The number of nitrogens with one attached hydrogen (secondary N) is 1. The fourth-order valence-electron chi connectivity index (χ4n) is 1.24. The fourth-order valence-corrected chi connectivity index (χ4v) is 2.07. The molecule has 90 valence electrons. The van der Waals surface area contributed by atoms with Crippen LogP contribution >= 0.6 is 11.3 Å². The van der Waals surface area contributed by atoms with Crippen molar-refractivity contribution in [3.63, 3.8) is 0 Å². The standard InChI is InChI=1S/C11H19N3OS/c1-8-9(2)16-11(13-8)10(15)12-6-5-7-14(3)4/h5-7H2,1-4H3,(H,12,15). The van der Waals surface area contributed by atoms with E-state index in [2.05, 4.69) is 15.2 Å². The van der Waals surface area contributed by atoms with Gasteiger partial charge in [0.2, 0.25) is 0 Å². The highest BCUT2D eigenvalue weighted by atomic mass is 32.1. The maximum absolute atomic E-state index is 11.7. The molecule has 1 rings (SSSR count). The van der Waals surface area contributed by atoms with Gasteiger partial charge in [-0.05, 0) is 40.9 Å². The monoisotopic (exact) mass is 241 g/mol. The van der Waals surface area contributed by atoms with Gasteiger partial charge in [0.25, 0.3) is 5.91 Å². The first-order valence-corrected chi connectivity index (χ1v) is 6.19. The second-order valence-electron chi connectivity index (χ2n) is 4.07. The predicted octanol–water partition coefficient (Wildman–Crippen LogP) is 1.44. The average molecular weight is 241 g/mol. The van der Waals surface area contributed by atoms with Crippen molar-refractivity contribution in [2.24, 2.45) is 0 Å². The van der Waals surface area contributed by atoms with E-state index in [4.69, 9.17) is 0 Å². The molecule has 0 aromatic carbocycles. The van der Waals surface area contributed by atoms with Crippen LogP contribution < -0.4 is 5.32 Å². The molecule has 1 heterocycles. The third-order valence-corrected chi connectivity index (χ3v) is 3.36. The van der Waals surface area contributed by atoms with E-state index in [1.54, 1.807) is 0 Å². The summed E-state index contributed by atoms with van der Waals surface area (Å²) in [5.41, 5.74) is 0.948. The van der Waals surface area contributed by atoms with Crippen molar-refractivity contribution in [2.45, 2.75) is 20.3 Å². The van der Waals surface area contributed by atoms with Crippen LogP contribution in [0.15, 0.2) is 0 Å². The Bertz CT molecular complexity index is 341. The van der Waals surface area contributed by atoms with Crippen LogP contribution in [-0.4, -0.2) is 43.0 Å². The van der Waals surface area contributed by atoms with Crippen LogP contribution in [0.3, 0.4) is 0 Å². The zero-order valence-corrected chi connectivity index (χ0v) is 11.1. The Morgan fingerprint density at radius 3 is 2.62 bits per heavy atom. The molecular formula is C11H19N3OS. The molecule has 0 fully saturated rings. The van der Waals surface area contributed by atoms with Crippen molar-refractivity contribution >= 4 is 17.2 Å². The van der Waals surface area contributed by atoms with E-state index in [-0.39, 0.29) is 5.91 Å². The van der Waals surface area contributed by atoms with Crippen LogP contribution in [0.1, 0.15) is 26.8 Å². The van der Waals surface area contributed by atoms with Crippen molar-refractivity contribution in [2.75, 3.05) is 27.2 Å². The van der Waals surface area contributed by atoms with Crippen LogP contribution in [-0.2, 0) is 0 Å².